The summed E-state index contributed by atoms with van der Waals surface area (Å²) in [6.45, 7) is 4.24. The quantitative estimate of drug-likeness (QED) is 0.889. The Kier molecular flexibility index (Phi) is 7.09. The van der Waals surface area contributed by atoms with E-state index >= 15 is 0 Å². The van der Waals surface area contributed by atoms with Crippen molar-refractivity contribution in [1.82, 2.24) is 5.32 Å². The number of aryl methyl sites for hydroxylation is 1. The van der Waals surface area contributed by atoms with E-state index in [9.17, 15) is 4.79 Å². The molecule has 0 radical (unpaired) electrons. The molecule has 3 nitrogen and oxygen atoms in total. The molecule has 2 rings (SSSR count). The lowest BCUT2D eigenvalue weighted by Crippen LogP contribution is -2.36. The van der Waals surface area contributed by atoms with Crippen LogP contribution in [0.5, 0.6) is 0 Å². The number of amides is 1. The summed E-state index contributed by atoms with van der Waals surface area (Å²) in [6.07, 6.45) is 0. The normalized spacial score (nSPS) is 12.9. The summed E-state index contributed by atoms with van der Waals surface area (Å²) in [5, 5.41) is 3.10. The molecular formula is C18H23ClN2O. The number of nitrogens with one attached hydrogen (secondary N) is 1. The average Bonchev–Trinajstić information content (AvgIpc) is 2.53. The Labute approximate surface area is 138 Å². The molecule has 3 N–H and O–H groups in total. The molecule has 118 valence electrons. The van der Waals surface area contributed by atoms with Gasteiger partial charge in [0.15, 0.2) is 0 Å². The molecule has 0 saturated heterocycles. The lowest BCUT2D eigenvalue weighted by Gasteiger charge is -2.22. The first-order valence-electron chi connectivity index (χ1n) is 7.23. The van der Waals surface area contributed by atoms with Gasteiger partial charge in [-0.15, -0.1) is 12.4 Å². The third kappa shape index (κ3) is 4.58. The number of hydrogen-bond acceptors (Lipinski definition) is 2. The predicted octanol–water partition coefficient (Wildman–Crippen LogP) is 3.22. The molecular weight excluding hydrogens is 296 g/mol. The van der Waals surface area contributed by atoms with Gasteiger partial charge in [-0.2, -0.15) is 0 Å². The zero-order valence-electron chi connectivity index (χ0n) is 13.0. The summed E-state index contributed by atoms with van der Waals surface area (Å²) in [5.74, 6) is -0.214. The zero-order chi connectivity index (χ0) is 15.2. The van der Waals surface area contributed by atoms with Gasteiger partial charge in [-0.1, -0.05) is 67.1 Å². The van der Waals surface area contributed by atoms with Gasteiger partial charge < -0.3 is 11.1 Å². The van der Waals surface area contributed by atoms with Crippen LogP contribution in [-0.4, -0.2) is 12.5 Å². The van der Waals surface area contributed by atoms with E-state index in [1.54, 1.807) is 0 Å². The number of nitrogens with two attached hydrogens (primary N) is 1. The van der Waals surface area contributed by atoms with Crippen molar-refractivity contribution in [1.29, 1.82) is 0 Å². The third-order valence-corrected chi connectivity index (χ3v) is 3.63. The van der Waals surface area contributed by atoms with Crippen LogP contribution in [0.1, 0.15) is 29.7 Å². The van der Waals surface area contributed by atoms with E-state index in [1.165, 1.54) is 5.56 Å². The third-order valence-electron chi connectivity index (χ3n) is 3.63. The van der Waals surface area contributed by atoms with Crippen molar-refractivity contribution in [2.75, 3.05) is 6.54 Å². The summed E-state index contributed by atoms with van der Waals surface area (Å²) in [5.41, 5.74) is 8.93. The fourth-order valence-corrected chi connectivity index (χ4v) is 2.16. The highest BCUT2D eigenvalue weighted by atomic mass is 35.5. The maximum Gasteiger partial charge on any atom is 0.224 e. The van der Waals surface area contributed by atoms with Crippen molar-refractivity contribution in [2.45, 2.75) is 19.9 Å². The van der Waals surface area contributed by atoms with Crippen LogP contribution in [0, 0.1) is 12.8 Å². The SMILES string of the molecule is Cc1ccc(C(NC(=O)C(C)CN)c2ccccc2)cc1.Cl. The summed E-state index contributed by atoms with van der Waals surface area (Å²) in [7, 11) is 0. The number of rotatable bonds is 5. The van der Waals surface area contributed by atoms with Crippen LogP contribution in [0.4, 0.5) is 0 Å². The molecule has 0 spiro atoms. The van der Waals surface area contributed by atoms with Gasteiger partial charge in [0.05, 0.1) is 6.04 Å². The van der Waals surface area contributed by atoms with E-state index in [4.69, 9.17) is 5.73 Å². The molecule has 2 unspecified atom stereocenters. The molecule has 0 fully saturated rings. The van der Waals surface area contributed by atoms with Crippen molar-refractivity contribution < 1.29 is 4.79 Å². The van der Waals surface area contributed by atoms with Gasteiger partial charge in [0.25, 0.3) is 0 Å². The molecule has 0 aliphatic heterocycles. The van der Waals surface area contributed by atoms with Crippen LogP contribution in [0.2, 0.25) is 0 Å². The van der Waals surface area contributed by atoms with Crippen molar-refractivity contribution in [3.05, 3.63) is 71.3 Å². The fraction of sp³-hybridized carbons (Fsp3) is 0.278. The Morgan fingerprint density at radius 2 is 1.59 bits per heavy atom. The minimum atomic E-state index is -0.193. The molecule has 0 saturated carbocycles. The van der Waals surface area contributed by atoms with Gasteiger partial charge >= 0.3 is 0 Å². The molecule has 1 amide bonds. The Hall–Kier alpha value is -1.84. The first-order chi connectivity index (χ1) is 10.1. The second-order valence-electron chi connectivity index (χ2n) is 5.40. The number of hydrogen-bond donors (Lipinski definition) is 2. The van der Waals surface area contributed by atoms with Crippen molar-refractivity contribution in [2.24, 2.45) is 11.7 Å². The number of benzene rings is 2. The second kappa shape index (κ2) is 8.57. The zero-order valence-corrected chi connectivity index (χ0v) is 13.8. The monoisotopic (exact) mass is 318 g/mol. The molecule has 0 aliphatic carbocycles. The minimum absolute atomic E-state index is 0. The fourth-order valence-electron chi connectivity index (χ4n) is 2.16. The highest BCUT2D eigenvalue weighted by Crippen LogP contribution is 2.22. The van der Waals surface area contributed by atoms with Crippen LogP contribution in [-0.2, 0) is 4.79 Å². The maximum atomic E-state index is 12.2. The van der Waals surface area contributed by atoms with Gasteiger partial charge in [0.2, 0.25) is 5.91 Å². The molecule has 0 heterocycles. The molecule has 4 heteroatoms. The lowest BCUT2D eigenvalue weighted by atomic mass is 9.97. The minimum Gasteiger partial charge on any atom is -0.345 e. The van der Waals surface area contributed by atoms with Gasteiger partial charge in [0.1, 0.15) is 0 Å². The average molecular weight is 319 g/mol. The van der Waals surface area contributed by atoms with E-state index in [-0.39, 0.29) is 30.3 Å². The number of carbonyl (C=O) groups excluding carboxylic acids is 1. The van der Waals surface area contributed by atoms with Crippen molar-refractivity contribution >= 4 is 18.3 Å². The molecule has 22 heavy (non-hydrogen) atoms. The molecule has 2 atom stereocenters. The Morgan fingerprint density at radius 1 is 1.05 bits per heavy atom. The Morgan fingerprint density at radius 3 is 2.14 bits per heavy atom. The van der Waals surface area contributed by atoms with Gasteiger partial charge in [0, 0.05) is 12.5 Å². The van der Waals surface area contributed by atoms with Gasteiger partial charge in [-0.05, 0) is 18.1 Å². The predicted molar refractivity (Wildman–Crippen MR) is 93.1 cm³/mol. The van der Waals surface area contributed by atoms with Crippen molar-refractivity contribution in [3.8, 4) is 0 Å². The highest BCUT2D eigenvalue weighted by Gasteiger charge is 2.19. The summed E-state index contributed by atoms with van der Waals surface area (Å²) in [4.78, 5) is 12.2. The molecule has 0 aromatic heterocycles. The Bertz CT molecular complexity index is 584. The summed E-state index contributed by atoms with van der Waals surface area (Å²) >= 11 is 0. The smallest absolute Gasteiger partial charge is 0.224 e. The van der Waals surface area contributed by atoms with Crippen LogP contribution in [0.3, 0.4) is 0 Å². The maximum absolute atomic E-state index is 12.2. The van der Waals surface area contributed by atoms with E-state index in [0.29, 0.717) is 6.54 Å². The molecule has 0 aliphatic rings. The first kappa shape index (κ1) is 18.2. The van der Waals surface area contributed by atoms with E-state index < -0.39 is 0 Å². The molecule has 2 aromatic rings. The number of carbonyl (C=O) groups is 1. The standard InChI is InChI=1S/C18H22N2O.ClH/c1-13-8-10-16(11-9-13)17(15-6-4-3-5-7-15)20-18(21)14(2)12-19;/h3-11,14,17H,12,19H2,1-2H3,(H,20,21);1H. The topological polar surface area (TPSA) is 55.1 Å². The van der Waals surface area contributed by atoms with E-state index in [0.717, 1.165) is 11.1 Å². The van der Waals surface area contributed by atoms with Gasteiger partial charge in [-0.3, -0.25) is 4.79 Å². The second-order valence-corrected chi connectivity index (χ2v) is 5.40. The van der Waals surface area contributed by atoms with Crippen LogP contribution < -0.4 is 11.1 Å². The molecule has 0 bridgehead atoms. The Balaban J connectivity index is 0.00000242. The number of halogens is 1. The summed E-state index contributed by atoms with van der Waals surface area (Å²) in [6, 6.07) is 18.1. The summed E-state index contributed by atoms with van der Waals surface area (Å²) < 4.78 is 0. The van der Waals surface area contributed by atoms with Crippen LogP contribution >= 0.6 is 12.4 Å². The van der Waals surface area contributed by atoms with E-state index in [1.807, 2.05) is 37.3 Å². The lowest BCUT2D eigenvalue weighted by molar-refractivity contribution is -0.124. The highest BCUT2D eigenvalue weighted by molar-refractivity contribution is 5.85. The van der Waals surface area contributed by atoms with Gasteiger partial charge in [-0.25, -0.2) is 0 Å². The van der Waals surface area contributed by atoms with Crippen molar-refractivity contribution in [3.63, 3.8) is 0 Å². The van der Waals surface area contributed by atoms with E-state index in [2.05, 4.69) is 36.5 Å². The first-order valence-corrected chi connectivity index (χ1v) is 7.23. The largest absolute Gasteiger partial charge is 0.345 e. The van der Waals surface area contributed by atoms with Crippen LogP contribution in [0.15, 0.2) is 54.6 Å². The molecule has 2 aromatic carbocycles. The van der Waals surface area contributed by atoms with Crippen LogP contribution in [0.25, 0.3) is 0 Å².